The van der Waals surface area contributed by atoms with Gasteiger partial charge >= 0.3 is 11.9 Å². The molecule has 0 saturated carbocycles. The molecule has 2 rings (SSSR count). The van der Waals surface area contributed by atoms with Crippen LogP contribution in [0.4, 0.5) is 0 Å². The maximum absolute atomic E-state index is 12.8. The molecule has 33 heavy (non-hydrogen) atoms. The molecule has 0 radical (unpaired) electrons. The van der Waals surface area contributed by atoms with Gasteiger partial charge in [-0.3, -0.25) is 14.5 Å². The van der Waals surface area contributed by atoms with E-state index in [0.29, 0.717) is 23.7 Å². The highest BCUT2D eigenvalue weighted by Gasteiger charge is 2.41. The van der Waals surface area contributed by atoms with E-state index in [1.54, 1.807) is 24.3 Å². The summed E-state index contributed by atoms with van der Waals surface area (Å²) in [6.45, 7) is 2.77. The number of benzene rings is 1. The van der Waals surface area contributed by atoms with Gasteiger partial charge in [-0.1, -0.05) is 69.1 Å². The average molecular weight is 496 g/mol. The number of methoxy groups -OCH3 is 1. The topological polar surface area (TPSA) is 113 Å². The normalized spacial score (nSPS) is 15.7. The molecule has 1 aromatic rings. The van der Waals surface area contributed by atoms with Crippen molar-refractivity contribution in [3.8, 4) is 11.5 Å². The fourth-order valence-electron chi connectivity index (χ4n) is 3.31. The smallest absolute Gasteiger partial charge is 0.327 e. The Labute approximate surface area is 202 Å². The Morgan fingerprint density at radius 1 is 1.15 bits per heavy atom. The Hall–Kier alpha value is -2.59. The number of carbonyl (C=O) groups excluding carboxylic acids is 1. The summed E-state index contributed by atoms with van der Waals surface area (Å²) in [5.41, 5.74) is 0.643. The zero-order chi connectivity index (χ0) is 24.4. The summed E-state index contributed by atoms with van der Waals surface area (Å²) in [4.78, 5) is 36.3. The third-order valence-electron chi connectivity index (χ3n) is 5.03. The highest BCUT2D eigenvalue weighted by Crippen LogP contribution is 2.36. The molecule has 1 aliphatic heterocycles. The van der Waals surface area contributed by atoms with Crippen LogP contribution in [0, 0.1) is 0 Å². The van der Waals surface area contributed by atoms with Crippen molar-refractivity contribution in [2.45, 2.75) is 57.9 Å². The zero-order valence-electron chi connectivity index (χ0n) is 18.7. The van der Waals surface area contributed by atoms with Gasteiger partial charge in [0.2, 0.25) is 0 Å². The molecule has 8 nitrogen and oxygen atoms in total. The van der Waals surface area contributed by atoms with Crippen molar-refractivity contribution in [3.05, 3.63) is 28.7 Å². The lowest BCUT2D eigenvalue weighted by molar-refractivity contribution is -0.150. The molecule has 1 aromatic carbocycles. The van der Waals surface area contributed by atoms with Crippen LogP contribution < -0.4 is 9.47 Å². The van der Waals surface area contributed by atoms with E-state index in [2.05, 4.69) is 6.92 Å². The van der Waals surface area contributed by atoms with Crippen molar-refractivity contribution in [1.82, 2.24) is 4.90 Å². The molecule has 2 N–H and O–H groups in total. The van der Waals surface area contributed by atoms with Gasteiger partial charge in [0.25, 0.3) is 5.91 Å². The monoisotopic (exact) mass is 495 g/mol. The van der Waals surface area contributed by atoms with Gasteiger partial charge in [-0.2, -0.15) is 0 Å². The molecule has 1 fully saturated rings. The van der Waals surface area contributed by atoms with Crippen LogP contribution in [0.15, 0.2) is 23.1 Å². The second-order valence-electron chi connectivity index (χ2n) is 7.53. The molecule has 0 bridgehead atoms. The van der Waals surface area contributed by atoms with Gasteiger partial charge in [0.05, 0.1) is 25.0 Å². The van der Waals surface area contributed by atoms with E-state index < -0.39 is 30.3 Å². The van der Waals surface area contributed by atoms with E-state index in [1.165, 1.54) is 32.8 Å². The number of aliphatic carboxylic acids is 2. The standard InChI is InChI=1S/C23H29NO7S2/c1-3-4-5-6-7-8-11-31-17-10-9-15(12-18(17)30-2)13-19-21(27)24(23(32)33-19)16(22(28)29)14-20(25)26/h9-10,12-13,16H,3-8,11,14H2,1-2H3,(H,25,26)(H,28,29)/b19-13-. The average Bonchev–Trinajstić information content (AvgIpc) is 3.04. The van der Waals surface area contributed by atoms with E-state index in [4.69, 9.17) is 26.8 Å². The Balaban J connectivity index is 2.07. The van der Waals surface area contributed by atoms with Crippen LogP contribution in [0.2, 0.25) is 0 Å². The van der Waals surface area contributed by atoms with Gasteiger partial charge in [0.1, 0.15) is 10.4 Å². The number of carbonyl (C=O) groups is 3. The van der Waals surface area contributed by atoms with Crippen LogP contribution in [0.1, 0.15) is 57.4 Å². The number of ether oxygens (including phenoxy) is 2. The summed E-state index contributed by atoms with van der Waals surface area (Å²) < 4.78 is 11.3. The Morgan fingerprint density at radius 2 is 1.85 bits per heavy atom. The Bertz CT molecular complexity index is 916. The minimum atomic E-state index is -1.56. The second-order valence-corrected chi connectivity index (χ2v) is 9.21. The third kappa shape index (κ3) is 7.75. The number of carboxylic acid groups (broad SMARTS) is 2. The number of rotatable bonds is 14. The fourth-order valence-corrected chi connectivity index (χ4v) is 4.67. The molecule has 1 heterocycles. The number of carboxylic acids is 2. The maximum Gasteiger partial charge on any atom is 0.327 e. The molecule has 1 atom stereocenters. The Kier molecular flexibility index (Phi) is 10.7. The van der Waals surface area contributed by atoms with Crippen LogP contribution in [0.3, 0.4) is 0 Å². The summed E-state index contributed by atoms with van der Waals surface area (Å²) in [6, 6.07) is 3.67. The molecule has 10 heteroatoms. The molecule has 1 aliphatic rings. The SMILES string of the molecule is CCCCCCCCOc1ccc(/C=C2\SC(=S)N(C(CC(=O)O)C(=O)O)C2=O)cc1OC. The van der Waals surface area contributed by atoms with Crippen LogP contribution in [0.5, 0.6) is 11.5 Å². The van der Waals surface area contributed by atoms with Gasteiger partial charge in [-0.05, 0) is 30.2 Å². The summed E-state index contributed by atoms with van der Waals surface area (Å²) in [5.74, 6) is -2.28. The molecule has 0 aliphatic carbocycles. The first-order valence-corrected chi connectivity index (χ1v) is 12.0. The van der Waals surface area contributed by atoms with Crippen LogP contribution in [-0.4, -0.2) is 57.0 Å². The van der Waals surface area contributed by atoms with E-state index in [0.717, 1.165) is 29.5 Å². The summed E-state index contributed by atoms with van der Waals surface area (Å²) in [5, 5.41) is 18.3. The van der Waals surface area contributed by atoms with Gasteiger partial charge in [-0.15, -0.1) is 0 Å². The van der Waals surface area contributed by atoms with Gasteiger partial charge in [0.15, 0.2) is 11.5 Å². The predicted molar refractivity (Wildman–Crippen MR) is 131 cm³/mol. The van der Waals surface area contributed by atoms with Crippen LogP contribution >= 0.6 is 24.0 Å². The first-order valence-electron chi connectivity index (χ1n) is 10.8. The van der Waals surface area contributed by atoms with E-state index >= 15 is 0 Å². The lowest BCUT2D eigenvalue weighted by Gasteiger charge is -2.21. The van der Waals surface area contributed by atoms with Crippen LogP contribution in [-0.2, 0) is 14.4 Å². The van der Waals surface area contributed by atoms with Gasteiger partial charge < -0.3 is 19.7 Å². The molecule has 0 spiro atoms. The summed E-state index contributed by atoms with van der Waals surface area (Å²) in [6.07, 6.45) is 7.80. The van der Waals surface area contributed by atoms with E-state index in [1.807, 2.05) is 0 Å². The lowest BCUT2D eigenvalue weighted by atomic mass is 10.1. The largest absolute Gasteiger partial charge is 0.493 e. The van der Waals surface area contributed by atoms with Gasteiger partial charge in [0, 0.05) is 0 Å². The molecule has 1 amide bonds. The van der Waals surface area contributed by atoms with E-state index in [-0.39, 0.29) is 9.23 Å². The predicted octanol–water partition coefficient (Wildman–Crippen LogP) is 4.56. The molecular weight excluding hydrogens is 466 g/mol. The first kappa shape index (κ1) is 26.7. The summed E-state index contributed by atoms with van der Waals surface area (Å²) in [7, 11) is 1.53. The minimum absolute atomic E-state index is 0.00533. The highest BCUT2D eigenvalue weighted by molar-refractivity contribution is 8.26. The number of unbranched alkanes of at least 4 members (excludes halogenated alkanes) is 5. The molecular formula is C23H29NO7S2. The molecule has 1 unspecified atom stereocenters. The lowest BCUT2D eigenvalue weighted by Crippen LogP contribution is -2.45. The number of hydrogen-bond acceptors (Lipinski definition) is 7. The molecule has 0 aromatic heterocycles. The summed E-state index contributed by atoms with van der Waals surface area (Å²) >= 11 is 6.08. The minimum Gasteiger partial charge on any atom is -0.493 e. The van der Waals surface area contributed by atoms with Crippen molar-refractivity contribution in [2.75, 3.05) is 13.7 Å². The maximum atomic E-state index is 12.8. The highest BCUT2D eigenvalue weighted by atomic mass is 32.2. The van der Waals surface area contributed by atoms with Crippen molar-refractivity contribution in [2.24, 2.45) is 0 Å². The number of thiocarbonyl (C=S) groups is 1. The zero-order valence-corrected chi connectivity index (χ0v) is 20.4. The van der Waals surface area contributed by atoms with Crippen molar-refractivity contribution < 1.29 is 34.1 Å². The number of nitrogens with zero attached hydrogens (tertiary/aromatic N) is 1. The van der Waals surface area contributed by atoms with Crippen LogP contribution in [0.25, 0.3) is 6.08 Å². The first-order chi connectivity index (χ1) is 15.8. The van der Waals surface area contributed by atoms with Crippen molar-refractivity contribution >= 4 is 52.2 Å². The van der Waals surface area contributed by atoms with Gasteiger partial charge in [-0.25, -0.2) is 4.79 Å². The molecule has 180 valence electrons. The number of thioether (sulfide) groups is 1. The fraction of sp³-hybridized carbons (Fsp3) is 0.478. The van der Waals surface area contributed by atoms with E-state index in [9.17, 15) is 19.5 Å². The Morgan fingerprint density at radius 3 is 2.48 bits per heavy atom. The van der Waals surface area contributed by atoms with Crippen molar-refractivity contribution in [1.29, 1.82) is 0 Å². The second kappa shape index (κ2) is 13.2. The quantitative estimate of drug-likeness (QED) is 0.218. The number of amides is 1. The van der Waals surface area contributed by atoms with Crippen molar-refractivity contribution in [3.63, 3.8) is 0 Å². The number of hydrogen-bond donors (Lipinski definition) is 2. The molecule has 1 saturated heterocycles. The third-order valence-corrected chi connectivity index (χ3v) is 6.36.